The van der Waals surface area contributed by atoms with Crippen LogP contribution < -0.4 is 0 Å². The number of fused-ring (bicyclic) bond motifs is 1. The highest BCUT2D eigenvalue weighted by Gasteiger charge is 2.28. The van der Waals surface area contributed by atoms with E-state index in [1.165, 1.54) is 51.1 Å². The summed E-state index contributed by atoms with van der Waals surface area (Å²) < 4.78 is 1.06. The number of rotatable bonds is 2. The molecule has 0 saturated carbocycles. The van der Waals surface area contributed by atoms with Gasteiger partial charge in [0.1, 0.15) is 0 Å². The van der Waals surface area contributed by atoms with Crippen molar-refractivity contribution in [1.29, 1.82) is 0 Å². The summed E-state index contributed by atoms with van der Waals surface area (Å²) in [6.45, 7) is 6.03. The summed E-state index contributed by atoms with van der Waals surface area (Å²) in [6, 6.07) is 5.01. The minimum atomic E-state index is 0.794. The van der Waals surface area contributed by atoms with Gasteiger partial charge in [0, 0.05) is 29.8 Å². The zero-order valence-corrected chi connectivity index (χ0v) is 12.3. The summed E-state index contributed by atoms with van der Waals surface area (Å²) in [5.41, 5.74) is 1.18. The van der Waals surface area contributed by atoms with Gasteiger partial charge in [0.25, 0.3) is 0 Å². The third-order valence-corrected chi connectivity index (χ3v) is 4.53. The van der Waals surface area contributed by atoms with Gasteiger partial charge >= 0.3 is 0 Å². The Morgan fingerprint density at radius 3 is 2.94 bits per heavy atom. The van der Waals surface area contributed by atoms with Gasteiger partial charge < -0.3 is 0 Å². The fraction of sp³-hybridized carbons (Fsp3) is 0.643. The first-order chi connectivity index (χ1) is 8.81. The molecule has 18 heavy (non-hydrogen) atoms. The van der Waals surface area contributed by atoms with Crippen molar-refractivity contribution in [3.05, 3.63) is 28.5 Å². The standard InChI is InChI=1S/C14H20BrN3/c15-12-4-5-13(16-9-12)10-17-6-2-8-18-7-1-3-14(18)11-17/h4-5,9,14H,1-3,6-8,10-11H2. The second kappa shape index (κ2) is 5.68. The molecule has 3 nitrogen and oxygen atoms in total. The van der Waals surface area contributed by atoms with Crippen LogP contribution in [-0.2, 0) is 6.54 Å². The monoisotopic (exact) mass is 309 g/mol. The first kappa shape index (κ1) is 12.6. The second-order valence-electron chi connectivity index (χ2n) is 5.39. The van der Waals surface area contributed by atoms with E-state index in [0.717, 1.165) is 17.1 Å². The van der Waals surface area contributed by atoms with Crippen LogP contribution in [0.3, 0.4) is 0 Å². The molecule has 2 aliphatic rings. The zero-order valence-electron chi connectivity index (χ0n) is 10.7. The molecule has 1 unspecified atom stereocenters. The van der Waals surface area contributed by atoms with E-state index in [1.54, 1.807) is 0 Å². The summed E-state index contributed by atoms with van der Waals surface area (Å²) in [5.74, 6) is 0. The molecule has 0 bridgehead atoms. The average Bonchev–Trinajstić information content (AvgIpc) is 2.71. The molecule has 2 fully saturated rings. The molecule has 3 rings (SSSR count). The van der Waals surface area contributed by atoms with Crippen molar-refractivity contribution >= 4 is 15.9 Å². The van der Waals surface area contributed by atoms with Gasteiger partial charge in [-0.1, -0.05) is 0 Å². The van der Waals surface area contributed by atoms with Crippen LogP contribution in [0.25, 0.3) is 0 Å². The van der Waals surface area contributed by atoms with E-state index in [4.69, 9.17) is 0 Å². The molecule has 0 aromatic carbocycles. The van der Waals surface area contributed by atoms with Crippen LogP contribution in [0.15, 0.2) is 22.8 Å². The lowest BCUT2D eigenvalue weighted by molar-refractivity contribution is 0.214. The van der Waals surface area contributed by atoms with E-state index in [9.17, 15) is 0 Å². The minimum Gasteiger partial charge on any atom is -0.299 e. The number of hydrogen-bond donors (Lipinski definition) is 0. The lowest BCUT2D eigenvalue weighted by Crippen LogP contribution is -2.36. The van der Waals surface area contributed by atoms with E-state index >= 15 is 0 Å². The van der Waals surface area contributed by atoms with Gasteiger partial charge in [-0.2, -0.15) is 0 Å². The summed E-state index contributed by atoms with van der Waals surface area (Å²) in [5, 5.41) is 0. The maximum atomic E-state index is 4.49. The molecule has 0 amide bonds. The van der Waals surface area contributed by atoms with E-state index in [1.807, 2.05) is 6.20 Å². The SMILES string of the molecule is Brc1ccc(CN2CCCN3CCCC3C2)nc1. The number of nitrogens with zero attached hydrogens (tertiary/aromatic N) is 3. The van der Waals surface area contributed by atoms with Gasteiger partial charge in [-0.05, 0) is 67.0 Å². The molecule has 1 aromatic rings. The molecule has 0 aliphatic carbocycles. The van der Waals surface area contributed by atoms with Crippen LogP contribution in [0.4, 0.5) is 0 Å². The Morgan fingerprint density at radius 1 is 1.22 bits per heavy atom. The molecule has 2 saturated heterocycles. The summed E-state index contributed by atoms with van der Waals surface area (Å²) >= 11 is 3.44. The molecule has 1 aromatic heterocycles. The van der Waals surface area contributed by atoms with Crippen LogP contribution >= 0.6 is 15.9 Å². The van der Waals surface area contributed by atoms with Crippen molar-refractivity contribution in [1.82, 2.24) is 14.8 Å². The molecule has 3 heterocycles. The molecule has 4 heteroatoms. The van der Waals surface area contributed by atoms with Crippen LogP contribution in [0.1, 0.15) is 25.0 Å². The fourth-order valence-electron chi connectivity index (χ4n) is 3.16. The molecule has 0 spiro atoms. The molecule has 2 aliphatic heterocycles. The number of aromatic nitrogens is 1. The maximum Gasteiger partial charge on any atom is 0.0544 e. The molecule has 98 valence electrons. The Hall–Kier alpha value is -0.450. The highest BCUT2D eigenvalue weighted by molar-refractivity contribution is 9.10. The van der Waals surface area contributed by atoms with E-state index < -0.39 is 0 Å². The first-order valence-corrected chi connectivity index (χ1v) is 7.67. The molecule has 0 N–H and O–H groups in total. The Morgan fingerprint density at radius 2 is 2.11 bits per heavy atom. The van der Waals surface area contributed by atoms with Crippen molar-refractivity contribution in [2.75, 3.05) is 26.2 Å². The van der Waals surface area contributed by atoms with Gasteiger partial charge in [0.2, 0.25) is 0 Å². The van der Waals surface area contributed by atoms with Crippen molar-refractivity contribution in [2.45, 2.75) is 31.8 Å². The molecular formula is C14H20BrN3. The Bertz CT molecular complexity index is 393. The smallest absolute Gasteiger partial charge is 0.0544 e. The van der Waals surface area contributed by atoms with Gasteiger partial charge in [-0.15, -0.1) is 0 Å². The highest BCUT2D eigenvalue weighted by Crippen LogP contribution is 2.22. The predicted octanol–water partition coefficient (Wildman–Crippen LogP) is 2.51. The third kappa shape index (κ3) is 2.92. The van der Waals surface area contributed by atoms with Crippen LogP contribution in [0.5, 0.6) is 0 Å². The summed E-state index contributed by atoms with van der Waals surface area (Å²) in [7, 11) is 0. The normalized spacial score (nSPS) is 25.9. The number of pyridine rings is 1. The van der Waals surface area contributed by atoms with E-state index in [-0.39, 0.29) is 0 Å². The lowest BCUT2D eigenvalue weighted by atomic mass is 10.2. The van der Waals surface area contributed by atoms with Crippen LogP contribution in [0, 0.1) is 0 Å². The quantitative estimate of drug-likeness (QED) is 0.837. The van der Waals surface area contributed by atoms with Crippen molar-refractivity contribution in [2.24, 2.45) is 0 Å². The molecule has 1 atom stereocenters. The number of halogens is 1. The lowest BCUT2D eigenvalue weighted by Gasteiger charge is -2.25. The van der Waals surface area contributed by atoms with Gasteiger partial charge in [-0.25, -0.2) is 0 Å². The Balaban J connectivity index is 1.63. The van der Waals surface area contributed by atoms with Gasteiger partial charge in [-0.3, -0.25) is 14.8 Å². The van der Waals surface area contributed by atoms with Crippen LogP contribution in [-0.4, -0.2) is 47.0 Å². The Kier molecular flexibility index (Phi) is 3.97. The van der Waals surface area contributed by atoms with E-state index in [0.29, 0.717) is 0 Å². The fourth-order valence-corrected chi connectivity index (χ4v) is 3.39. The summed E-state index contributed by atoms with van der Waals surface area (Å²) in [6.07, 6.45) is 5.96. The van der Waals surface area contributed by atoms with Gasteiger partial charge in [0.05, 0.1) is 5.69 Å². The van der Waals surface area contributed by atoms with Crippen LogP contribution in [0.2, 0.25) is 0 Å². The average molecular weight is 310 g/mol. The van der Waals surface area contributed by atoms with Crippen molar-refractivity contribution < 1.29 is 0 Å². The molecular weight excluding hydrogens is 290 g/mol. The highest BCUT2D eigenvalue weighted by atomic mass is 79.9. The second-order valence-corrected chi connectivity index (χ2v) is 6.30. The predicted molar refractivity (Wildman–Crippen MR) is 76.4 cm³/mol. The maximum absolute atomic E-state index is 4.49. The minimum absolute atomic E-state index is 0.794. The van der Waals surface area contributed by atoms with Crippen molar-refractivity contribution in [3.8, 4) is 0 Å². The summed E-state index contributed by atoms with van der Waals surface area (Å²) in [4.78, 5) is 9.74. The van der Waals surface area contributed by atoms with E-state index in [2.05, 4.69) is 42.8 Å². The topological polar surface area (TPSA) is 19.4 Å². The molecule has 0 radical (unpaired) electrons. The number of hydrogen-bond acceptors (Lipinski definition) is 3. The van der Waals surface area contributed by atoms with Crippen molar-refractivity contribution in [3.63, 3.8) is 0 Å². The zero-order chi connectivity index (χ0) is 12.4. The largest absolute Gasteiger partial charge is 0.299 e. The Labute approximate surface area is 117 Å². The third-order valence-electron chi connectivity index (χ3n) is 4.06. The first-order valence-electron chi connectivity index (χ1n) is 6.88. The van der Waals surface area contributed by atoms with Gasteiger partial charge in [0.15, 0.2) is 0 Å².